The number of nitrogens with one attached hydrogen (secondary N) is 2. The van der Waals surface area contributed by atoms with Crippen LogP contribution >= 0.6 is 11.3 Å². The zero-order chi connectivity index (χ0) is 15.8. The van der Waals surface area contributed by atoms with E-state index in [1.54, 1.807) is 11.3 Å². The van der Waals surface area contributed by atoms with Crippen LogP contribution in [0, 0.1) is 6.92 Å². The van der Waals surface area contributed by atoms with Gasteiger partial charge in [0.1, 0.15) is 0 Å². The van der Waals surface area contributed by atoms with Gasteiger partial charge in [-0.1, -0.05) is 6.07 Å². The number of thiophene rings is 1. The summed E-state index contributed by atoms with van der Waals surface area (Å²) >= 11 is 1.59. The summed E-state index contributed by atoms with van der Waals surface area (Å²) in [4.78, 5) is 23.3. The van der Waals surface area contributed by atoms with Gasteiger partial charge in [-0.05, 0) is 24.4 Å². The first-order valence-electron chi connectivity index (χ1n) is 7.58. The normalized spacial score (nSPS) is 14.8. The van der Waals surface area contributed by atoms with Crippen LogP contribution in [0.4, 0.5) is 0 Å². The van der Waals surface area contributed by atoms with Crippen LogP contribution in [0.2, 0.25) is 0 Å². The molecule has 3 aromatic heterocycles. The van der Waals surface area contributed by atoms with Gasteiger partial charge in [-0.3, -0.25) is 14.8 Å². The Kier molecular flexibility index (Phi) is 3.59. The summed E-state index contributed by atoms with van der Waals surface area (Å²) in [5.41, 5.74) is 3.74. The maximum Gasteiger partial charge on any atom is 0.255 e. The summed E-state index contributed by atoms with van der Waals surface area (Å²) in [6.07, 6.45) is 0.793. The molecule has 0 fully saturated rings. The summed E-state index contributed by atoms with van der Waals surface area (Å²) in [6.45, 7) is 4.24. The number of fused-ring (bicyclic) bond motifs is 1. The van der Waals surface area contributed by atoms with Crippen LogP contribution in [0.5, 0.6) is 0 Å². The van der Waals surface area contributed by atoms with Gasteiger partial charge < -0.3 is 4.98 Å². The first kappa shape index (κ1) is 14.3. The summed E-state index contributed by atoms with van der Waals surface area (Å²) < 4.78 is 0. The Bertz CT molecular complexity index is 880. The number of aromatic nitrogens is 4. The van der Waals surface area contributed by atoms with E-state index in [4.69, 9.17) is 0 Å². The average molecular weight is 327 g/mol. The first-order chi connectivity index (χ1) is 11.2. The van der Waals surface area contributed by atoms with Crippen LogP contribution in [-0.4, -0.2) is 31.6 Å². The molecule has 4 heterocycles. The van der Waals surface area contributed by atoms with E-state index in [1.165, 1.54) is 0 Å². The predicted molar refractivity (Wildman–Crippen MR) is 89.3 cm³/mol. The van der Waals surface area contributed by atoms with E-state index in [-0.39, 0.29) is 5.56 Å². The topological polar surface area (TPSA) is 77.7 Å². The van der Waals surface area contributed by atoms with Gasteiger partial charge in [-0.25, -0.2) is 4.98 Å². The molecule has 0 unspecified atom stereocenters. The molecule has 0 saturated carbocycles. The lowest BCUT2D eigenvalue weighted by molar-refractivity contribution is 0.239. The van der Waals surface area contributed by atoms with E-state index in [1.807, 2.05) is 30.5 Å². The van der Waals surface area contributed by atoms with Crippen LogP contribution in [0.25, 0.3) is 10.7 Å². The van der Waals surface area contributed by atoms with Gasteiger partial charge in [0.2, 0.25) is 0 Å². The maximum atomic E-state index is 12.4. The van der Waals surface area contributed by atoms with Crippen LogP contribution in [0.15, 0.2) is 28.4 Å². The van der Waals surface area contributed by atoms with Gasteiger partial charge in [0.25, 0.3) is 5.56 Å². The van der Waals surface area contributed by atoms with Gasteiger partial charge >= 0.3 is 0 Å². The van der Waals surface area contributed by atoms with Gasteiger partial charge in [-0.2, -0.15) is 5.10 Å². The van der Waals surface area contributed by atoms with Crippen molar-refractivity contribution >= 4 is 11.3 Å². The van der Waals surface area contributed by atoms with Crippen molar-refractivity contribution in [1.29, 1.82) is 0 Å². The Hall–Kier alpha value is -2.25. The third-order valence-electron chi connectivity index (χ3n) is 4.05. The second-order valence-electron chi connectivity index (χ2n) is 5.82. The molecule has 7 heteroatoms. The van der Waals surface area contributed by atoms with E-state index in [0.29, 0.717) is 12.4 Å². The molecule has 1 aliphatic heterocycles. The zero-order valence-corrected chi connectivity index (χ0v) is 13.6. The molecule has 0 amide bonds. The number of H-pyrrole nitrogens is 2. The van der Waals surface area contributed by atoms with Crippen molar-refractivity contribution < 1.29 is 0 Å². The highest BCUT2D eigenvalue weighted by molar-refractivity contribution is 7.13. The van der Waals surface area contributed by atoms with Crippen molar-refractivity contribution in [3.05, 3.63) is 56.6 Å². The van der Waals surface area contributed by atoms with Crippen molar-refractivity contribution in [1.82, 2.24) is 25.1 Å². The van der Waals surface area contributed by atoms with Gasteiger partial charge in [0, 0.05) is 31.7 Å². The minimum Gasteiger partial charge on any atom is -0.306 e. The van der Waals surface area contributed by atoms with Gasteiger partial charge in [-0.15, -0.1) is 11.3 Å². The Labute approximate surface area is 137 Å². The van der Waals surface area contributed by atoms with Crippen LogP contribution in [0.1, 0.15) is 22.6 Å². The van der Waals surface area contributed by atoms with Crippen molar-refractivity contribution in [3.8, 4) is 10.7 Å². The fraction of sp³-hybridized carbons (Fsp3) is 0.312. The average Bonchev–Trinajstić information content (AvgIpc) is 3.20. The Morgan fingerprint density at radius 1 is 1.43 bits per heavy atom. The highest BCUT2D eigenvalue weighted by Crippen LogP contribution is 2.22. The second kappa shape index (κ2) is 5.75. The van der Waals surface area contributed by atoms with Crippen LogP contribution in [0.3, 0.4) is 0 Å². The molecule has 2 N–H and O–H groups in total. The summed E-state index contributed by atoms with van der Waals surface area (Å²) in [5, 5.41) is 9.21. The number of hydrogen-bond donors (Lipinski definition) is 2. The number of hydrogen-bond acceptors (Lipinski definition) is 5. The van der Waals surface area contributed by atoms with E-state index in [0.717, 1.165) is 47.0 Å². The molecule has 0 spiro atoms. The smallest absolute Gasteiger partial charge is 0.255 e. The second-order valence-corrected chi connectivity index (χ2v) is 6.77. The van der Waals surface area contributed by atoms with E-state index in [2.05, 4.69) is 25.1 Å². The fourth-order valence-electron chi connectivity index (χ4n) is 2.93. The molecule has 3 aromatic rings. The Morgan fingerprint density at radius 3 is 3.09 bits per heavy atom. The zero-order valence-electron chi connectivity index (χ0n) is 12.8. The lowest BCUT2D eigenvalue weighted by Crippen LogP contribution is -2.35. The maximum absolute atomic E-state index is 12.4. The monoisotopic (exact) mass is 327 g/mol. The minimum atomic E-state index is -0.0266. The number of aryl methyl sites for hydroxylation is 1. The number of nitrogens with zero attached hydrogens (tertiary/aromatic N) is 3. The third kappa shape index (κ3) is 2.85. The van der Waals surface area contributed by atoms with Crippen molar-refractivity contribution in [2.45, 2.75) is 26.4 Å². The molecule has 4 rings (SSSR count). The Balaban J connectivity index is 1.59. The Morgan fingerprint density at radius 2 is 2.35 bits per heavy atom. The SMILES string of the molecule is Cc1cc(CN2CCc3nc(-c4cccs4)[nH]c(=O)c3C2)n[nH]1. The first-order valence-corrected chi connectivity index (χ1v) is 8.46. The molecule has 0 saturated heterocycles. The number of rotatable bonds is 3. The fourth-order valence-corrected chi connectivity index (χ4v) is 3.60. The van der Waals surface area contributed by atoms with Gasteiger partial charge in [0.05, 0.1) is 21.8 Å². The quantitative estimate of drug-likeness (QED) is 0.772. The lowest BCUT2D eigenvalue weighted by atomic mass is 10.1. The van der Waals surface area contributed by atoms with Crippen molar-refractivity contribution in [3.63, 3.8) is 0 Å². The van der Waals surface area contributed by atoms with Crippen molar-refractivity contribution in [2.24, 2.45) is 0 Å². The molecule has 6 nitrogen and oxygen atoms in total. The molecule has 0 atom stereocenters. The molecule has 0 bridgehead atoms. The standard InChI is InChI=1S/C16H17N5OS/c1-10-7-11(20-19-10)8-21-5-4-13-12(9-21)16(22)18-15(17-13)14-3-2-6-23-14/h2-3,6-7H,4-5,8-9H2,1H3,(H,19,20)(H,17,18,22). The van der Waals surface area contributed by atoms with E-state index >= 15 is 0 Å². The molecule has 1 aliphatic rings. The van der Waals surface area contributed by atoms with E-state index in [9.17, 15) is 4.79 Å². The molecular weight excluding hydrogens is 310 g/mol. The van der Waals surface area contributed by atoms with Gasteiger partial charge in [0.15, 0.2) is 5.82 Å². The highest BCUT2D eigenvalue weighted by atomic mass is 32.1. The summed E-state index contributed by atoms with van der Waals surface area (Å²) in [7, 11) is 0. The minimum absolute atomic E-state index is 0.0266. The highest BCUT2D eigenvalue weighted by Gasteiger charge is 2.22. The third-order valence-corrected chi connectivity index (χ3v) is 4.92. The molecule has 23 heavy (non-hydrogen) atoms. The van der Waals surface area contributed by atoms with Crippen molar-refractivity contribution in [2.75, 3.05) is 6.54 Å². The van der Waals surface area contributed by atoms with Crippen LogP contribution in [-0.2, 0) is 19.5 Å². The molecule has 0 aromatic carbocycles. The largest absolute Gasteiger partial charge is 0.306 e. The van der Waals surface area contributed by atoms with E-state index < -0.39 is 0 Å². The van der Waals surface area contributed by atoms with Crippen LogP contribution < -0.4 is 5.56 Å². The molecular formula is C16H17N5OS. The lowest BCUT2D eigenvalue weighted by Gasteiger charge is -2.26. The summed E-state index contributed by atoms with van der Waals surface area (Å²) in [6, 6.07) is 5.98. The number of aromatic amines is 2. The summed E-state index contributed by atoms with van der Waals surface area (Å²) in [5.74, 6) is 0.681. The predicted octanol–water partition coefficient (Wildman–Crippen LogP) is 2.09. The molecule has 118 valence electrons. The molecule has 0 aliphatic carbocycles. The molecule has 0 radical (unpaired) electrons.